The number of benzene rings is 2. The van der Waals surface area contributed by atoms with Crippen LogP contribution in [-0.4, -0.2) is 44.0 Å². The zero-order valence-electron chi connectivity index (χ0n) is 17.0. The minimum absolute atomic E-state index is 0.00164. The van der Waals surface area contributed by atoms with Crippen LogP contribution in [0.25, 0.3) is 11.4 Å². The molecule has 0 amide bonds. The minimum Gasteiger partial charge on any atom is -0.478 e. The smallest absolute Gasteiger partial charge is 0.416 e. The normalized spacial score (nSPS) is 16.3. The van der Waals surface area contributed by atoms with Crippen molar-refractivity contribution in [2.24, 2.45) is 0 Å². The van der Waals surface area contributed by atoms with E-state index in [0.29, 0.717) is 11.3 Å². The molecule has 0 aliphatic carbocycles. The first-order chi connectivity index (χ1) is 15.6. The summed E-state index contributed by atoms with van der Waals surface area (Å²) in [5.41, 5.74) is -0.443. The van der Waals surface area contributed by atoms with Crippen molar-refractivity contribution in [1.82, 2.24) is 14.6 Å². The van der Waals surface area contributed by atoms with Gasteiger partial charge in [0, 0.05) is 25.1 Å². The van der Waals surface area contributed by atoms with E-state index in [2.05, 4.69) is 4.98 Å². The minimum atomic E-state index is -4.61. The Morgan fingerprint density at radius 3 is 2.45 bits per heavy atom. The maximum absolute atomic E-state index is 13.2. The highest BCUT2D eigenvalue weighted by Crippen LogP contribution is 2.39. The van der Waals surface area contributed by atoms with Gasteiger partial charge in [0.05, 0.1) is 22.9 Å². The molecule has 1 aliphatic rings. The standard InChI is InChI=1S/C22H16F3N5O3/c1-28-18(19-27-9-10-29(19)15-7-5-13(12-26)6-8-15)17(21(32)33)20(31)30(28)16-4-2-3-14(11-16)22(23,24)25/h2-11,20,31H,1H3,(H,32,33). The van der Waals surface area contributed by atoms with Gasteiger partial charge < -0.3 is 10.2 Å². The fourth-order valence-electron chi connectivity index (χ4n) is 3.69. The lowest BCUT2D eigenvalue weighted by atomic mass is 10.1. The molecule has 1 unspecified atom stereocenters. The van der Waals surface area contributed by atoms with Gasteiger partial charge >= 0.3 is 12.1 Å². The summed E-state index contributed by atoms with van der Waals surface area (Å²) in [7, 11) is 1.42. The van der Waals surface area contributed by atoms with E-state index in [-0.39, 0.29) is 17.2 Å². The van der Waals surface area contributed by atoms with Crippen molar-refractivity contribution in [2.75, 3.05) is 12.1 Å². The van der Waals surface area contributed by atoms with Crippen molar-refractivity contribution in [2.45, 2.75) is 12.4 Å². The fourth-order valence-corrected chi connectivity index (χ4v) is 3.69. The van der Waals surface area contributed by atoms with Gasteiger partial charge in [0.1, 0.15) is 11.3 Å². The summed E-state index contributed by atoms with van der Waals surface area (Å²) < 4.78 is 41.2. The van der Waals surface area contributed by atoms with Crippen LogP contribution in [-0.2, 0) is 11.0 Å². The maximum atomic E-state index is 13.2. The lowest BCUT2D eigenvalue weighted by molar-refractivity contribution is -0.137. The van der Waals surface area contributed by atoms with Gasteiger partial charge in [-0.15, -0.1) is 0 Å². The highest BCUT2D eigenvalue weighted by atomic mass is 19.4. The number of imidazole rings is 1. The molecule has 0 spiro atoms. The second kappa shape index (κ2) is 7.99. The Bertz CT molecular complexity index is 1290. The highest BCUT2D eigenvalue weighted by Gasteiger charge is 2.43. The number of aliphatic hydroxyl groups is 1. The molecule has 33 heavy (non-hydrogen) atoms. The van der Waals surface area contributed by atoms with E-state index in [0.717, 1.165) is 17.1 Å². The number of nitrogens with zero attached hydrogens (tertiary/aromatic N) is 5. The molecule has 0 radical (unpaired) electrons. The van der Waals surface area contributed by atoms with Crippen LogP contribution >= 0.6 is 0 Å². The number of halogens is 3. The lowest BCUT2D eigenvalue weighted by Crippen LogP contribution is -2.41. The third-order valence-corrected chi connectivity index (χ3v) is 5.19. The van der Waals surface area contributed by atoms with E-state index < -0.39 is 29.5 Å². The first-order valence-electron chi connectivity index (χ1n) is 9.53. The van der Waals surface area contributed by atoms with E-state index in [9.17, 15) is 28.2 Å². The zero-order chi connectivity index (χ0) is 23.9. The Balaban J connectivity index is 1.82. The first kappa shape index (κ1) is 21.9. The van der Waals surface area contributed by atoms with Crippen molar-refractivity contribution in [3.63, 3.8) is 0 Å². The van der Waals surface area contributed by atoms with Gasteiger partial charge in [-0.25, -0.2) is 9.78 Å². The number of rotatable bonds is 4. The van der Waals surface area contributed by atoms with Crippen LogP contribution in [0.2, 0.25) is 0 Å². The Hall–Kier alpha value is -4.30. The summed E-state index contributed by atoms with van der Waals surface area (Å²) in [5.74, 6) is -1.30. The van der Waals surface area contributed by atoms with Crippen molar-refractivity contribution in [1.29, 1.82) is 5.26 Å². The lowest BCUT2D eigenvalue weighted by Gasteiger charge is -2.32. The molecular formula is C22H16F3N5O3. The van der Waals surface area contributed by atoms with Crippen LogP contribution < -0.4 is 5.01 Å². The number of aliphatic carboxylic acids is 1. The Morgan fingerprint density at radius 1 is 1.15 bits per heavy atom. The van der Waals surface area contributed by atoms with E-state index >= 15 is 0 Å². The molecule has 8 nitrogen and oxygen atoms in total. The van der Waals surface area contributed by atoms with Crippen molar-refractivity contribution >= 4 is 17.4 Å². The molecule has 11 heteroatoms. The molecule has 4 rings (SSSR count). The summed E-state index contributed by atoms with van der Waals surface area (Å²) in [6.07, 6.45) is -3.39. The average Bonchev–Trinajstić information content (AvgIpc) is 3.35. The number of aromatic nitrogens is 2. The Labute approximate surface area is 185 Å². The maximum Gasteiger partial charge on any atom is 0.416 e. The van der Waals surface area contributed by atoms with Gasteiger partial charge in [-0.2, -0.15) is 18.4 Å². The van der Waals surface area contributed by atoms with Gasteiger partial charge in [-0.05, 0) is 42.5 Å². The monoisotopic (exact) mass is 455 g/mol. The fraction of sp³-hybridized carbons (Fsp3) is 0.136. The number of carbonyl (C=O) groups is 1. The molecule has 168 valence electrons. The molecule has 1 aromatic heterocycles. The molecule has 2 heterocycles. The SMILES string of the molecule is CN1C(c2nccn2-c2ccc(C#N)cc2)=C(C(=O)O)C(O)N1c1cccc(C(F)(F)F)c1. The third kappa shape index (κ3) is 3.77. The van der Waals surface area contributed by atoms with Gasteiger partial charge in [0.15, 0.2) is 12.1 Å². The molecular weight excluding hydrogens is 439 g/mol. The molecule has 2 N–H and O–H groups in total. The predicted molar refractivity (Wildman–Crippen MR) is 111 cm³/mol. The summed E-state index contributed by atoms with van der Waals surface area (Å²) in [5, 5.41) is 32.0. The zero-order valence-corrected chi connectivity index (χ0v) is 17.0. The summed E-state index contributed by atoms with van der Waals surface area (Å²) in [6.45, 7) is 0. The van der Waals surface area contributed by atoms with Crippen LogP contribution in [0.3, 0.4) is 0 Å². The average molecular weight is 455 g/mol. The van der Waals surface area contributed by atoms with Gasteiger partial charge in [0.2, 0.25) is 0 Å². The number of carboxylic acid groups (broad SMARTS) is 1. The number of aliphatic hydroxyl groups excluding tert-OH is 1. The van der Waals surface area contributed by atoms with E-state index in [1.165, 1.54) is 30.4 Å². The summed E-state index contributed by atoms with van der Waals surface area (Å²) in [6, 6.07) is 12.7. The van der Waals surface area contributed by atoms with Gasteiger partial charge in [-0.3, -0.25) is 14.6 Å². The second-order valence-electron chi connectivity index (χ2n) is 7.14. The third-order valence-electron chi connectivity index (χ3n) is 5.19. The van der Waals surface area contributed by atoms with Crippen LogP contribution in [0, 0.1) is 11.3 Å². The molecule has 0 fully saturated rings. The topological polar surface area (TPSA) is 106 Å². The summed E-state index contributed by atoms with van der Waals surface area (Å²) >= 11 is 0. The van der Waals surface area contributed by atoms with Crippen molar-refractivity contribution in [3.8, 4) is 11.8 Å². The number of alkyl halides is 3. The van der Waals surface area contributed by atoms with Crippen LogP contribution in [0.4, 0.5) is 18.9 Å². The highest BCUT2D eigenvalue weighted by molar-refractivity contribution is 5.99. The number of hydrogen-bond donors (Lipinski definition) is 2. The molecule has 0 saturated carbocycles. The predicted octanol–water partition coefficient (Wildman–Crippen LogP) is 3.24. The van der Waals surface area contributed by atoms with Crippen LogP contribution in [0.1, 0.15) is 17.0 Å². The summed E-state index contributed by atoms with van der Waals surface area (Å²) in [4.78, 5) is 16.3. The quantitative estimate of drug-likeness (QED) is 0.622. The van der Waals surface area contributed by atoms with Gasteiger partial charge in [0.25, 0.3) is 0 Å². The van der Waals surface area contributed by atoms with E-state index in [1.807, 2.05) is 6.07 Å². The molecule has 0 saturated heterocycles. The Morgan fingerprint density at radius 2 is 1.85 bits per heavy atom. The second-order valence-corrected chi connectivity index (χ2v) is 7.14. The van der Waals surface area contributed by atoms with E-state index in [4.69, 9.17) is 5.26 Å². The Kier molecular flexibility index (Phi) is 5.31. The number of hydrazine groups is 1. The van der Waals surface area contributed by atoms with Gasteiger partial charge in [-0.1, -0.05) is 6.07 Å². The van der Waals surface area contributed by atoms with Crippen LogP contribution in [0.5, 0.6) is 0 Å². The molecule has 1 aliphatic heterocycles. The number of hydrogen-bond acceptors (Lipinski definition) is 6. The number of anilines is 1. The van der Waals surface area contributed by atoms with Crippen molar-refractivity contribution in [3.05, 3.63) is 83.4 Å². The largest absolute Gasteiger partial charge is 0.478 e. The first-order valence-corrected chi connectivity index (χ1v) is 9.53. The molecule has 3 aromatic rings. The van der Waals surface area contributed by atoms with Crippen LogP contribution in [0.15, 0.2) is 66.5 Å². The number of carboxylic acids is 1. The molecule has 2 aromatic carbocycles. The molecule has 1 atom stereocenters. The van der Waals surface area contributed by atoms with E-state index in [1.54, 1.807) is 35.0 Å². The van der Waals surface area contributed by atoms with Crippen molar-refractivity contribution < 1.29 is 28.2 Å². The molecule has 0 bridgehead atoms. The number of nitriles is 1.